The number of hydrogen-bond donors (Lipinski definition) is 1. The van der Waals surface area contributed by atoms with Gasteiger partial charge in [-0.1, -0.05) is 50.1 Å². The number of carbonyl (C=O) groups excluding carboxylic acids is 1. The van der Waals surface area contributed by atoms with Crippen molar-refractivity contribution < 1.29 is 4.79 Å². The lowest BCUT2D eigenvalue weighted by molar-refractivity contribution is -0.128. The highest BCUT2D eigenvalue weighted by Gasteiger charge is 2.39. The SMILES string of the molecule is CC1CCCC(CCl)(NC(=O)C(C)(C)c2ccccc2)C1. The van der Waals surface area contributed by atoms with Gasteiger partial charge in [-0.2, -0.15) is 0 Å². The van der Waals surface area contributed by atoms with E-state index in [1.54, 1.807) is 0 Å². The number of hydrogen-bond acceptors (Lipinski definition) is 1. The Bertz CT molecular complexity index is 485. The third kappa shape index (κ3) is 3.60. The highest BCUT2D eigenvalue weighted by molar-refractivity contribution is 6.18. The van der Waals surface area contributed by atoms with Gasteiger partial charge in [0.15, 0.2) is 0 Å². The summed E-state index contributed by atoms with van der Waals surface area (Å²) in [5.74, 6) is 1.19. The van der Waals surface area contributed by atoms with Crippen molar-refractivity contribution in [2.45, 2.75) is 57.4 Å². The Morgan fingerprint density at radius 2 is 2.05 bits per heavy atom. The normalized spacial score (nSPS) is 26.4. The van der Waals surface area contributed by atoms with Gasteiger partial charge in [-0.25, -0.2) is 0 Å². The van der Waals surface area contributed by atoms with E-state index in [9.17, 15) is 4.79 Å². The fraction of sp³-hybridized carbons (Fsp3) is 0.611. The van der Waals surface area contributed by atoms with Crippen LogP contribution in [0.1, 0.15) is 52.0 Å². The first-order valence-electron chi connectivity index (χ1n) is 7.84. The fourth-order valence-corrected chi connectivity index (χ4v) is 3.62. The van der Waals surface area contributed by atoms with Crippen LogP contribution in [0.3, 0.4) is 0 Å². The van der Waals surface area contributed by atoms with Gasteiger partial charge in [-0.3, -0.25) is 4.79 Å². The van der Waals surface area contributed by atoms with Gasteiger partial charge in [0, 0.05) is 5.88 Å². The Morgan fingerprint density at radius 3 is 2.62 bits per heavy atom. The van der Waals surface area contributed by atoms with E-state index < -0.39 is 5.41 Å². The average molecular weight is 308 g/mol. The second kappa shape index (κ2) is 6.39. The van der Waals surface area contributed by atoms with Crippen molar-refractivity contribution >= 4 is 17.5 Å². The van der Waals surface area contributed by atoms with Gasteiger partial charge in [0.25, 0.3) is 0 Å². The molecule has 1 amide bonds. The van der Waals surface area contributed by atoms with E-state index in [2.05, 4.69) is 12.2 Å². The third-order valence-corrected chi connectivity index (χ3v) is 5.30. The molecule has 0 saturated heterocycles. The van der Waals surface area contributed by atoms with Crippen molar-refractivity contribution in [2.24, 2.45) is 5.92 Å². The minimum atomic E-state index is -0.541. The molecule has 2 nitrogen and oxygen atoms in total. The number of benzene rings is 1. The molecule has 3 heteroatoms. The first-order chi connectivity index (χ1) is 9.89. The van der Waals surface area contributed by atoms with Crippen LogP contribution >= 0.6 is 11.6 Å². The van der Waals surface area contributed by atoms with E-state index in [0.29, 0.717) is 11.8 Å². The lowest BCUT2D eigenvalue weighted by atomic mass is 9.76. The predicted octanol–water partition coefficient (Wildman–Crippen LogP) is 4.27. The number of nitrogens with one attached hydrogen (secondary N) is 1. The topological polar surface area (TPSA) is 29.1 Å². The number of halogens is 1. The maximum absolute atomic E-state index is 12.8. The van der Waals surface area contributed by atoms with Crippen molar-refractivity contribution in [3.8, 4) is 0 Å². The number of carbonyl (C=O) groups is 1. The van der Waals surface area contributed by atoms with Crippen LogP contribution in [0.25, 0.3) is 0 Å². The second-order valence-electron chi connectivity index (χ2n) is 7.06. The molecule has 1 aliphatic carbocycles. The molecule has 2 atom stereocenters. The van der Waals surface area contributed by atoms with Gasteiger partial charge in [0.1, 0.15) is 0 Å². The summed E-state index contributed by atoms with van der Waals surface area (Å²) in [6.45, 7) is 6.20. The monoisotopic (exact) mass is 307 g/mol. The van der Waals surface area contributed by atoms with E-state index in [-0.39, 0.29) is 11.4 Å². The highest BCUT2D eigenvalue weighted by atomic mass is 35.5. The Labute approximate surface area is 133 Å². The smallest absolute Gasteiger partial charge is 0.230 e. The summed E-state index contributed by atoms with van der Waals surface area (Å²) in [5.41, 5.74) is 0.264. The van der Waals surface area contributed by atoms with E-state index in [1.807, 2.05) is 44.2 Å². The molecule has 1 aromatic rings. The molecule has 1 saturated carbocycles. The van der Waals surface area contributed by atoms with E-state index >= 15 is 0 Å². The summed E-state index contributed by atoms with van der Waals surface area (Å²) < 4.78 is 0. The molecule has 1 aromatic carbocycles. The lowest BCUT2D eigenvalue weighted by Gasteiger charge is -2.41. The Balaban J connectivity index is 2.16. The molecule has 2 unspecified atom stereocenters. The third-order valence-electron chi connectivity index (χ3n) is 4.79. The Hall–Kier alpha value is -1.02. The first kappa shape index (κ1) is 16.4. The zero-order chi connectivity index (χ0) is 15.5. The van der Waals surface area contributed by atoms with Crippen LogP contribution in [0.2, 0.25) is 0 Å². The van der Waals surface area contributed by atoms with E-state index in [4.69, 9.17) is 11.6 Å². The van der Waals surface area contributed by atoms with Crippen molar-refractivity contribution in [3.63, 3.8) is 0 Å². The maximum atomic E-state index is 12.8. The number of alkyl halides is 1. The minimum Gasteiger partial charge on any atom is -0.349 e. The number of rotatable bonds is 4. The van der Waals surface area contributed by atoms with Gasteiger partial charge < -0.3 is 5.32 Å². The van der Waals surface area contributed by atoms with E-state index in [1.165, 1.54) is 6.42 Å². The van der Waals surface area contributed by atoms with Crippen LogP contribution in [0, 0.1) is 5.92 Å². The highest BCUT2D eigenvalue weighted by Crippen LogP contribution is 2.34. The quantitative estimate of drug-likeness (QED) is 0.827. The summed E-state index contributed by atoms with van der Waals surface area (Å²) in [4.78, 5) is 12.8. The zero-order valence-electron chi connectivity index (χ0n) is 13.3. The maximum Gasteiger partial charge on any atom is 0.230 e. The van der Waals surface area contributed by atoms with Gasteiger partial charge in [-0.05, 0) is 38.2 Å². The first-order valence-corrected chi connectivity index (χ1v) is 8.37. The second-order valence-corrected chi connectivity index (χ2v) is 7.33. The van der Waals surface area contributed by atoms with Crippen molar-refractivity contribution in [3.05, 3.63) is 35.9 Å². The predicted molar refractivity (Wildman–Crippen MR) is 88.7 cm³/mol. The molecule has 0 heterocycles. The minimum absolute atomic E-state index is 0.0726. The summed E-state index contributed by atoms with van der Waals surface area (Å²) in [7, 11) is 0. The molecule has 0 aromatic heterocycles. The van der Waals surface area contributed by atoms with Gasteiger partial charge in [-0.15, -0.1) is 11.6 Å². The molecule has 1 fully saturated rings. The van der Waals surface area contributed by atoms with Crippen LogP contribution in [0.4, 0.5) is 0 Å². The Kier molecular flexibility index (Phi) is 4.98. The molecule has 1 aliphatic rings. The van der Waals surface area contributed by atoms with Crippen molar-refractivity contribution in [1.82, 2.24) is 5.32 Å². The van der Waals surface area contributed by atoms with Crippen LogP contribution in [-0.4, -0.2) is 17.3 Å². The lowest BCUT2D eigenvalue weighted by Crippen LogP contribution is -2.56. The molecule has 21 heavy (non-hydrogen) atoms. The van der Waals surface area contributed by atoms with E-state index in [0.717, 1.165) is 24.8 Å². The molecule has 1 N–H and O–H groups in total. The summed E-state index contributed by atoms with van der Waals surface area (Å²) in [6, 6.07) is 9.95. The van der Waals surface area contributed by atoms with Crippen LogP contribution < -0.4 is 5.32 Å². The van der Waals surface area contributed by atoms with Gasteiger partial charge >= 0.3 is 0 Å². The molecule has 0 spiro atoms. The molecule has 0 aliphatic heterocycles. The summed E-state index contributed by atoms with van der Waals surface area (Å²) >= 11 is 6.23. The summed E-state index contributed by atoms with van der Waals surface area (Å²) in [6.07, 6.45) is 4.33. The van der Waals surface area contributed by atoms with Crippen LogP contribution in [0.15, 0.2) is 30.3 Å². The Morgan fingerprint density at radius 1 is 1.38 bits per heavy atom. The van der Waals surface area contributed by atoms with Crippen molar-refractivity contribution in [1.29, 1.82) is 0 Å². The van der Waals surface area contributed by atoms with Gasteiger partial charge in [0.05, 0.1) is 11.0 Å². The molecule has 0 bridgehead atoms. The van der Waals surface area contributed by atoms with Crippen LogP contribution in [-0.2, 0) is 10.2 Å². The van der Waals surface area contributed by atoms with Crippen molar-refractivity contribution in [2.75, 3.05) is 5.88 Å². The summed E-state index contributed by atoms with van der Waals surface area (Å²) in [5, 5.41) is 3.28. The standard InChI is InChI=1S/C18H26ClNO/c1-14-8-7-11-18(12-14,13-19)20-16(21)17(2,3)15-9-5-4-6-10-15/h4-6,9-10,14H,7-8,11-13H2,1-3H3,(H,20,21). The molecule has 2 rings (SSSR count). The number of amides is 1. The van der Waals surface area contributed by atoms with Gasteiger partial charge in [0.2, 0.25) is 5.91 Å². The fourth-order valence-electron chi connectivity index (χ4n) is 3.31. The largest absolute Gasteiger partial charge is 0.349 e. The average Bonchev–Trinajstić information content (AvgIpc) is 2.48. The molecular formula is C18H26ClNO. The van der Waals surface area contributed by atoms with Crippen LogP contribution in [0.5, 0.6) is 0 Å². The molecular weight excluding hydrogens is 282 g/mol. The molecule has 116 valence electrons. The molecule has 0 radical (unpaired) electrons. The zero-order valence-corrected chi connectivity index (χ0v) is 14.0.